The summed E-state index contributed by atoms with van der Waals surface area (Å²) in [5.41, 5.74) is 3.02. The summed E-state index contributed by atoms with van der Waals surface area (Å²) in [6.45, 7) is 10.9. The summed E-state index contributed by atoms with van der Waals surface area (Å²) in [5, 5.41) is 0.529. The van der Waals surface area contributed by atoms with Gasteiger partial charge >= 0.3 is 0 Å². The molecule has 9 heteroatoms. The Morgan fingerprint density at radius 1 is 1.06 bits per heavy atom. The molecule has 33 heavy (non-hydrogen) atoms. The molecule has 0 N–H and O–H groups in total. The van der Waals surface area contributed by atoms with Gasteiger partial charge in [0.1, 0.15) is 11.5 Å². The number of thiazole rings is 1. The molecule has 0 atom stereocenters. The Labute approximate surface area is 199 Å². The summed E-state index contributed by atoms with van der Waals surface area (Å²) in [5.74, 6) is -0.543. The first-order chi connectivity index (χ1) is 15.7. The fourth-order valence-electron chi connectivity index (χ4n) is 3.70. The zero-order valence-corrected chi connectivity index (χ0v) is 21.4. The number of benzene rings is 2. The molecule has 0 saturated heterocycles. The number of carbonyl (C=O) groups is 1. The van der Waals surface area contributed by atoms with Crippen LogP contribution in [0.3, 0.4) is 0 Å². The Balaban J connectivity index is 1.92. The normalized spacial score (nSPS) is 11.8. The number of aromatic nitrogens is 1. The average Bonchev–Trinajstić information content (AvgIpc) is 3.20. The molecule has 1 heterocycles. The molecule has 0 aliphatic heterocycles. The van der Waals surface area contributed by atoms with E-state index >= 15 is 0 Å². The molecule has 178 valence electrons. The van der Waals surface area contributed by atoms with Gasteiger partial charge in [-0.1, -0.05) is 31.3 Å². The van der Waals surface area contributed by atoms with E-state index in [1.807, 2.05) is 19.9 Å². The minimum atomic E-state index is -3.82. The largest absolute Gasteiger partial charge is 0.497 e. The molecule has 0 unspecified atom stereocenters. The number of hydrogen-bond donors (Lipinski definition) is 0. The third kappa shape index (κ3) is 5.90. The second-order valence-electron chi connectivity index (χ2n) is 7.93. The van der Waals surface area contributed by atoms with Crippen LogP contribution in [-0.4, -0.2) is 63.3 Å². The molecular weight excluding hydrogens is 458 g/mol. The molecule has 0 saturated carbocycles. The maximum atomic E-state index is 13.3. The SMILES string of the molecule is CCN(CC)CCN(C(=O)CS(=O)(=O)c1ccc(OC)cc1)c1nc2cc(C)cc(C)c2s1. The highest BCUT2D eigenvalue weighted by Gasteiger charge is 2.27. The van der Waals surface area contributed by atoms with E-state index in [-0.39, 0.29) is 4.90 Å². The third-order valence-corrected chi connectivity index (χ3v) is 8.45. The van der Waals surface area contributed by atoms with Crippen LogP contribution in [0.15, 0.2) is 41.3 Å². The zero-order chi connectivity index (χ0) is 24.2. The zero-order valence-electron chi connectivity index (χ0n) is 19.8. The van der Waals surface area contributed by atoms with Crippen molar-refractivity contribution in [3.8, 4) is 5.75 Å². The number of aryl methyl sites for hydroxylation is 2. The minimum absolute atomic E-state index is 0.0936. The number of nitrogens with zero attached hydrogens (tertiary/aromatic N) is 3. The number of sulfone groups is 1. The van der Waals surface area contributed by atoms with Gasteiger partial charge in [-0.25, -0.2) is 13.4 Å². The Morgan fingerprint density at radius 3 is 2.33 bits per heavy atom. The fourth-order valence-corrected chi connectivity index (χ4v) is 5.95. The molecule has 1 amide bonds. The van der Waals surface area contributed by atoms with Crippen LogP contribution in [0.4, 0.5) is 5.13 Å². The van der Waals surface area contributed by atoms with Crippen LogP contribution in [0.5, 0.6) is 5.75 Å². The van der Waals surface area contributed by atoms with Gasteiger partial charge in [-0.3, -0.25) is 9.69 Å². The molecule has 3 rings (SSSR count). The van der Waals surface area contributed by atoms with Gasteiger partial charge in [-0.15, -0.1) is 0 Å². The van der Waals surface area contributed by atoms with Gasteiger partial charge in [0.05, 0.1) is 22.2 Å². The van der Waals surface area contributed by atoms with Crippen LogP contribution in [-0.2, 0) is 14.6 Å². The Bertz CT molecular complexity index is 1220. The lowest BCUT2D eigenvalue weighted by Gasteiger charge is -2.24. The molecule has 2 aromatic carbocycles. The Kier molecular flexibility index (Phi) is 8.10. The maximum absolute atomic E-state index is 13.3. The molecule has 3 aromatic rings. The first kappa shape index (κ1) is 25.1. The fraction of sp³-hybridized carbons (Fsp3) is 0.417. The monoisotopic (exact) mass is 489 g/mol. The summed E-state index contributed by atoms with van der Waals surface area (Å²) >= 11 is 1.43. The summed E-state index contributed by atoms with van der Waals surface area (Å²) in [6.07, 6.45) is 0. The third-order valence-electron chi connectivity index (χ3n) is 5.61. The quantitative estimate of drug-likeness (QED) is 0.427. The number of methoxy groups -OCH3 is 1. The molecule has 0 bridgehead atoms. The van der Waals surface area contributed by atoms with E-state index in [4.69, 9.17) is 9.72 Å². The highest BCUT2D eigenvalue weighted by Crippen LogP contribution is 2.32. The van der Waals surface area contributed by atoms with Crippen molar-refractivity contribution in [2.24, 2.45) is 0 Å². The van der Waals surface area contributed by atoms with Crippen LogP contribution in [0.2, 0.25) is 0 Å². The lowest BCUT2D eigenvalue weighted by molar-refractivity contribution is -0.116. The number of hydrogen-bond acceptors (Lipinski definition) is 7. The molecule has 0 aliphatic carbocycles. The first-order valence-electron chi connectivity index (χ1n) is 11.0. The second-order valence-corrected chi connectivity index (χ2v) is 10.9. The van der Waals surface area contributed by atoms with E-state index in [2.05, 4.69) is 24.8 Å². The van der Waals surface area contributed by atoms with Crippen molar-refractivity contribution in [2.45, 2.75) is 32.6 Å². The van der Waals surface area contributed by atoms with E-state index in [1.165, 1.54) is 35.5 Å². The molecular formula is C24H31N3O4S2. The van der Waals surface area contributed by atoms with Crippen LogP contribution in [0.1, 0.15) is 25.0 Å². The smallest absolute Gasteiger partial charge is 0.244 e. The van der Waals surface area contributed by atoms with Crippen molar-refractivity contribution in [2.75, 3.05) is 43.9 Å². The average molecular weight is 490 g/mol. The van der Waals surface area contributed by atoms with Crippen molar-refractivity contribution >= 4 is 42.4 Å². The lowest BCUT2D eigenvalue weighted by atomic mass is 10.1. The number of amides is 1. The van der Waals surface area contributed by atoms with E-state index in [9.17, 15) is 13.2 Å². The topological polar surface area (TPSA) is 79.8 Å². The van der Waals surface area contributed by atoms with Crippen molar-refractivity contribution in [1.82, 2.24) is 9.88 Å². The van der Waals surface area contributed by atoms with Crippen molar-refractivity contribution in [3.63, 3.8) is 0 Å². The van der Waals surface area contributed by atoms with Gasteiger partial charge in [-0.2, -0.15) is 0 Å². The predicted octanol–water partition coefficient (Wildman–Crippen LogP) is 4.07. The molecule has 0 radical (unpaired) electrons. The second kappa shape index (κ2) is 10.6. The van der Waals surface area contributed by atoms with Gasteiger partial charge in [0.2, 0.25) is 5.91 Å². The van der Waals surface area contributed by atoms with E-state index in [0.717, 1.165) is 34.4 Å². The summed E-state index contributed by atoms with van der Waals surface area (Å²) in [7, 11) is -2.30. The Hall–Kier alpha value is -2.49. The van der Waals surface area contributed by atoms with E-state index < -0.39 is 21.5 Å². The molecule has 0 aliphatic rings. The standard InChI is InChI=1S/C24H31N3O4S2/c1-6-26(7-2)12-13-27(24-25-21-15-17(3)14-18(4)23(21)32-24)22(28)16-33(29,30)20-10-8-19(31-5)9-11-20/h8-11,14-15H,6-7,12-13,16H2,1-5H3. The number of anilines is 1. The van der Waals surface area contributed by atoms with Crippen LogP contribution < -0.4 is 9.64 Å². The summed E-state index contributed by atoms with van der Waals surface area (Å²) < 4.78 is 32.1. The van der Waals surface area contributed by atoms with Gasteiger partial charge in [-0.05, 0) is 68.4 Å². The summed E-state index contributed by atoms with van der Waals surface area (Å²) in [6, 6.07) is 10.2. The highest BCUT2D eigenvalue weighted by molar-refractivity contribution is 7.92. The number of rotatable bonds is 10. The molecule has 7 nitrogen and oxygen atoms in total. The van der Waals surface area contributed by atoms with Gasteiger partial charge in [0, 0.05) is 13.1 Å². The van der Waals surface area contributed by atoms with E-state index in [0.29, 0.717) is 24.0 Å². The van der Waals surface area contributed by atoms with Crippen LogP contribution in [0.25, 0.3) is 10.2 Å². The van der Waals surface area contributed by atoms with Gasteiger partial charge < -0.3 is 9.64 Å². The first-order valence-corrected chi connectivity index (χ1v) is 13.4. The molecule has 0 spiro atoms. The van der Waals surface area contributed by atoms with Gasteiger partial charge in [0.15, 0.2) is 15.0 Å². The molecule has 0 fully saturated rings. The highest BCUT2D eigenvalue weighted by atomic mass is 32.2. The van der Waals surface area contributed by atoms with E-state index in [1.54, 1.807) is 12.1 Å². The lowest BCUT2D eigenvalue weighted by Crippen LogP contribution is -2.41. The predicted molar refractivity (Wildman–Crippen MR) is 134 cm³/mol. The minimum Gasteiger partial charge on any atom is -0.497 e. The Morgan fingerprint density at radius 2 is 1.73 bits per heavy atom. The number of fused-ring (bicyclic) bond motifs is 1. The van der Waals surface area contributed by atoms with Crippen LogP contribution >= 0.6 is 11.3 Å². The number of likely N-dealkylation sites (N-methyl/N-ethyl adjacent to an activating group) is 1. The van der Waals surface area contributed by atoms with Crippen molar-refractivity contribution in [3.05, 3.63) is 47.5 Å². The summed E-state index contributed by atoms with van der Waals surface area (Å²) in [4.78, 5) is 21.9. The van der Waals surface area contributed by atoms with Crippen LogP contribution in [0, 0.1) is 13.8 Å². The van der Waals surface area contributed by atoms with Gasteiger partial charge in [0.25, 0.3) is 0 Å². The number of ether oxygens (including phenoxy) is 1. The number of carbonyl (C=O) groups excluding carboxylic acids is 1. The maximum Gasteiger partial charge on any atom is 0.244 e. The van der Waals surface area contributed by atoms with Crippen molar-refractivity contribution in [1.29, 1.82) is 0 Å². The molecule has 1 aromatic heterocycles. The van der Waals surface area contributed by atoms with Crippen molar-refractivity contribution < 1.29 is 17.9 Å².